The fraction of sp³-hybridized carbons (Fsp3) is 0.200. The lowest BCUT2D eigenvalue weighted by Gasteiger charge is -2.01. The lowest BCUT2D eigenvalue weighted by Crippen LogP contribution is -1.95. The Labute approximate surface area is 76.0 Å². The van der Waals surface area contributed by atoms with Gasteiger partial charge in [0.1, 0.15) is 5.82 Å². The van der Waals surface area contributed by atoms with Crippen molar-refractivity contribution in [3.8, 4) is 0 Å². The first kappa shape index (κ1) is 6.83. The fourth-order valence-corrected chi connectivity index (χ4v) is 1.38. The summed E-state index contributed by atoms with van der Waals surface area (Å²) in [6, 6.07) is 7.95. The number of para-hydroxylation sites is 2. The Morgan fingerprint density at radius 3 is 2.62 bits per heavy atom. The summed E-state index contributed by atoms with van der Waals surface area (Å²) in [5.41, 5.74) is 1.94. The van der Waals surface area contributed by atoms with Crippen LogP contribution in [0.5, 0.6) is 0 Å². The third-order valence-corrected chi connectivity index (χ3v) is 2.21. The number of benzene rings is 1. The first-order chi connectivity index (χ1) is 6.43. The van der Waals surface area contributed by atoms with Gasteiger partial charge in [0.15, 0.2) is 0 Å². The predicted molar refractivity (Wildman–Crippen MR) is 51.8 cm³/mol. The highest BCUT2D eigenvalue weighted by molar-refractivity contribution is 5.75. The van der Waals surface area contributed by atoms with Gasteiger partial charge in [0.05, 0.1) is 17.2 Å². The van der Waals surface area contributed by atoms with E-state index in [4.69, 9.17) is 0 Å². The maximum atomic E-state index is 4.50. The Morgan fingerprint density at radius 1 is 1.08 bits per heavy atom. The molecule has 1 saturated heterocycles. The molecule has 1 aliphatic heterocycles. The molecule has 0 spiro atoms. The van der Waals surface area contributed by atoms with Crippen molar-refractivity contribution in [2.24, 2.45) is 0 Å². The van der Waals surface area contributed by atoms with Crippen LogP contribution in [0.4, 0.5) is 5.82 Å². The molecular weight excluding hydrogens is 162 g/mol. The molecule has 0 aliphatic carbocycles. The first-order valence-corrected chi connectivity index (χ1v) is 4.40. The molecule has 64 valence electrons. The van der Waals surface area contributed by atoms with Crippen LogP contribution in [0.3, 0.4) is 0 Å². The van der Waals surface area contributed by atoms with Gasteiger partial charge in [0.2, 0.25) is 0 Å². The summed E-state index contributed by atoms with van der Waals surface area (Å²) in [6.45, 7) is 2.24. The number of nitrogens with zero attached hydrogens (tertiary/aromatic N) is 3. The molecule has 1 aliphatic rings. The molecule has 0 saturated carbocycles. The number of hydrogen-bond acceptors (Lipinski definition) is 3. The minimum Gasteiger partial charge on any atom is -0.352 e. The van der Waals surface area contributed by atoms with E-state index in [0.717, 1.165) is 29.9 Å². The van der Waals surface area contributed by atoms with Crippen LogP contribution in [0.1, 0.15) is 0 Å². The van der Waals surface area contributed by atoms with Crippen molar-refractivity contribution >= 4 is 16.9 Å². The van der Waals surface area contributed by atoms with E-state index in [1.165, 1.54) is 0 Å². The summed E-state index contributed by atoms with van der Waals surface area (Å²) in [5.74, 6) is 0.999. The lowest BCUT2D eigenvalue weighted by atomic mass is 10.3. The van der Waals surface area contributed by atoms with E-state index in [1.807, 2.05) is 30.5 Å². The Kier molecular flexibility index (Phi) is 1.27. The second kappa shape index (κ2) is 2.42. The van der Waals surface area contributed by atoms with Crippen LogP contribution in [0.15, 0.2) is 30.5 Å². The van der Waals surface area contributed by atoms with E-state index in [9.17, 15) is 0 Å². The van der Waals surface area contributed by atoms with Crippen LogP contribution >= 0.6 is 0 Å². The van der Waals surface area contributed by atoms with E-state index < -0.39 is 0 Å². The normalized spacial score (nSPS) is 14.9. The average Bonchev–Trinajstić information content (AvgIpc) is 3.00. The summed E-state index contributed by atoms with van der Waals surface area (Å²) in [5, 5.41) is 0. The Bertz CT molecular complexity index is 449. The molecule has 1 aromatic heterocycles. The van der Waals surface area contributed by atoms with Crippen LogP contribution in [0.2, 0.25) is 0 Å². The van der Waals surface area contributed by atoms with Gasteiger partial charge in [-0.2, -0.15) is 0 Å². The summed E-state index contributed by atoms with van der Waals surface area (Å²) in [6.07, 6.45) is 1.84. The number of anilines is 1. The molecule has 13 heavy (non-hydrogen) atoms. The fourth-order valence-electron chi connectivity index (χ4n) is 1.38. The van der Waals surface area contributed by atoms with Crippen LogP contribution in [0.25, 0.3) is 11.0 Å². The zero-order valence-electron chi connectivity index (χ0n) is 7.14. The highest BCUT2D eigenvalue weighted by Gasteiger charge is 2.19. The average molecular weight is 171 g/mol. The first-order valence-electron chi connectivity index (χ1n) is 4.40. The summed E-state index contributed by atoms with van der Waals surface area (Å²) in [7, 11) is 0. The van der Waals surface area contributed by atoms with E-state index in [0.29, 0.717) is 0 Å². The number of hydrogen-bond donors (Lipinski definition) is 0. The molecule has 2 heterocycles. The van der Waals surface area contributed by atoms with Crippen molar-refractivity contribution in [1.82, 2.24) is 9.97 Å². The van der Waals surface area contributed by atoms with Gasteiger partial charge in [-0.25, -0.2) is 4.98 Å². The largest absolute Gasteiger partial charge is 0.352 e. The maximum absolute atomic E-state index is 4.50. The van der Waals surface area contributed by atoms with Gasteiger partial charge < -0.3 is 4.90 Å². The van der Waals surface area contributed by atoms with Crippen molar-refractivity contribution < 1.29 is 0 Å². The summed E-state index contributed by atoms with van der Waals surface area (Å²) < 4.78 is 0. The lowest BCUT2D eigenvalue weighted by molar-refractivity contribution is 1.21. The third-order valence-electron chi connectivity index (χ3n) is 2.21. The molecule has 0 bridgehead atoms. The van der Waals surface area contributed by atoms with E-state index >= 15 is 0 Å². The third kappa shape index (κ3) is 1.13. The highest BCUT2D eigenvalue weighted by atomic mass is 15.3. The molecule has 3 rings (SSSR count). The predicted octanol–water partition coefficient (Wildman–Crippen LogP) is 1.45. The molecule has 2 aromatic rings. The molecule has 0 atom stereocenters. The Hall–Kier alpha value is -1.64. The van der Waals surface area contributed by atoms with E-state index in [-0.39, 0.29) is 0 Å². The highest BCUT2D eigenvalue weighted by Crippen LogP contribution is 2.19. The number of fused-ring (bicyclic) bond motifs is 1. The molecule has 0 unspecified atom stereocenters. The second-order valence-corrected chi connectivity index (χ2v) is 3.20. The minimum absolute atomic E-state index is 0.966. The zero-order valence-corrected chi connectivity index (χ0v) is 7.14. The van der Waals surface area contributed by atoms with Crippen LogP contribution in [0, 0.1) is 0 Å². The molecule has 1 aromatic carbocycles. The van der Waals surface area contributed by atoms with Gasteiger partial charge in [0, 0.05) is 13.1 Å². The molecule has 3 nitrogen and oxygen atoms in total. The van der Waals surface area contributed by atoms with Crippen molar-refractivity contribution in [3.05, 3.63) is 30.5 Å². The van der Waals surface area contributed by atoms with Crippen molar-refractivity contribution in [1.29, 1.82) is 0 Å². The second-order valence-electron chi connectivity index (χ2n) is 3.20. The van der Waals surface area contributed by atoms with Crippen LogP contribution in [-0.4, -0.2) is 23.1 Å². The smallest absolute Gasteiger partial charge is 0.147 e. The molecule has 3 heteroatoms. The monoisotopic (exact) mass is 171 g/mol. The minimum atomic E-state index is 0.966. The van der Waals surface area contributed by atoms with E-state index in [2.05, 4.69) is 14.9 Å². The molecule has 0 amide bonds. The topological polar surface area (TPSA) is 28.8 Å². The zero-order chi connectivity index (χ0) is 8.67. The quantitative estimate of drug-likeness (QED) is 0.608. The van der Waals surface area contributed by atoms with Crippen LogP contribution in [-0.2, 0) is 0 Å². The van der Waals surface area contributed by atoms with Crippen molar-refractivity contribution in [3.63, 3.8) is 0 Å². The maximum Gasteiger partial charge on any atom is 0.147 e. The van der Waals surface area contributed by atoms with Gasteiger partial charge >= 0.3 is 0 Å². The summed E-state index contributed by atoms with van der Waals surface area (Å²) >= 11 is 0. The SMILES string of the molecule is c1ccc2nc(N3CC3)cnc2c1. The van der Waals surface area contributed by atoms with Crippen LogP contribution < -0.4 is 4.90 Å². The van der Waals surface area contributed by atoms with Crippen molar-refractivity contribution in [2.75, 3.05) is 18.0 Å². The van der Waals surface area contributed by atoms with Gasteiger partial charge in [0.25, 0.3) is 0 Å². The molecule has 1 fully saturated rings. The Balaban J connectivity index is 2.21. The molecular formula is C10H9N3. The van der Waals surface area contributed by atoms with Gasteiger partial charge in [-0.1, -0.05) is 12.1 Å². The molecule has 0 radical (unpaired) electrons. The van der Waals surface area contributed by atoms with Gasteiger partial charge in [-0.15, -0.1) is 0 Å². The standard InChI is InChI=1S/C10H9N3/c1-2-4-9-8(3-1)11-7-10(12-9)13-5-6-13/h1-4,7H,5-6H2. The van der Waals surface area contributed by atoms with E-state index in [1.54, 1.807) is 0 Å². The summed E-state index contributed by atoms with van der Waals surface area (Å²) in [4.78, 5) is 11.0. The molecule has 0 N–H and O–H groups in total. The number of aromatic nitrogens is 2. The van der Waals surface area contributed by atoms with Gasteiger partial charge in [-0.3, -0.25) is 4.98 Å². The van der Waals surface area contributed by atoms with Gasteiger partial charge in [-0.05, 0) is 12.1 Å². The van der Waals surface area contributed by atoms with Crippen molar-refractivity contribution in [2.45, 2.75) is 0 Å². The number of rotatable bonds is 1. The Morgan fingerprint density at radius 2 is 1.85 bits per heavy atom.